The van der Waals surface area contributed by atoms with E-state index in [0.29, 0.717) is 12.1 Å². The predicted octanol–water partition coefficient (Wildman–Crippen LogP) is 4.42. The molecule has 24 heavy (non-hydrogen) atoms. The molecule has 3 nitrogen and oxygen atoms in total. The van der Waals surface area contributed by atoms with Gasteiger partial charge in [-0.1, -0.05) is 42.5 Å². The van der Waals surface area contributed by atoms with Crippen LogP contribution < -0.4 is 10.1 Å². The van der Waals surface area contributed by atoms with Crippen molar-refractivity contribution in [3.05, 3.63) is 71.9 Å². The lowest BCUT2D eigenvalue weighted by atomic mass is 10.1. The van der Waals surface area contributed by atoms with Crippen molar-refractivity contribution in [2.75, 3.05) is 0 Å². The Kier molecular flexibility index (Phi) is 4.66. The van der Waals surface area contributed by atoms with Gasteiger partial charge in [0.2, 0.25) is 0 Å². The minimum Gasteiger partial charge on any atom is -0.405 e. The first-order valence-electron chi connectivity index (χ1n) is 7.40. The highest BCUT2D eigenvalue weighted by Gasteiger charge is 2.31. The SMILES string of the molecule is FC(F)(F)Oc1ccccc1CNCc1cccc2cccnc12. The summed E-state index contributed by atoms with van der Waals surface area (Å²) in [6, 6.07) is 15.8. The van der Waals surface area contributed by atoms with Crippen LogP contribution in [0.5, 0.6) is 5.75 Å². The van der Waals surface area contributed by atoms with Gasteiger partial charge in [-0.25, -0.2) is 0 Å². The van der Waals surface area contributed by atoms with Gasteiger partial charge in [0.25, 0.3) is 0 Å². The number of ether oxygens (including phenoxy) is 1. The molecule has 0 aliphatic rings. The van der Waals surface area contributed by atoms with Gasteiger partial charge in [0.15, 0.2) is 0 Å². The predicted molar refractivity (Wildman–Crippen MR) is 85.4 cm³/mol. The number of hydrogen-bond donors (Lipinski definition) is 1. The van der Waals surface area contributed by atoms with Gasteiger partial charge in [-0.15, -0.1) is 13.2 Å². The molecule has 0 amide bonds. The quantitative estimate of drug-likeness (QED) is 0.751. The first-order valence-corrected chi connectivity index (χ1v) is 7.40. The van der Waals surface area contributed by atoms with Gasteiger partial charge in [0.05, 0.1) is 5.52 Å². The van der Waals surface area contributed by atoms with E-state index in [0.717, 1.165) is 16.5 Å². The topological polar surface area (TPSA) is 34.1 Å². The number of halogens is 3. The second-order valence-corrected chi connectivity index (χ2v) is 5.25. The molecule has 3 aromatic rings. The van der Waals surface area contributed by atoms with Crippen molar-refractivity contribution < 1.29 is 17.9 Å². The van der Waals surface area contributed by atoms with Gasteiger partial charge in [0, 0.05) is 30.2 Å². The molecule has 0 fully saturated rings. The molecule has 0 radical (unpaired) electrons. The van der Waals surface area contributed by atoms with Crippen LogP contribution in [0.3, 0.4) is 0 Å². The molecule has 0 aliphatic heterocycles. The zero-order valence-corrected chi connectivity index (χ0v) is 12.7. The summed E-state index contributed by atoms with van der Waals surface area (Å²) in [5, 5.41) is 4.17. The van der Waals surface area contributed by atoms with Gasteiger partial charge < -0.3 is 10.1 Å². The molecule has 2 aromatic carbocycles. The van der Waals surface area contributed by atoms with Crippen molar-refractivity contribution >= 4 is 10.9 Å². The number of hydrogen-bond acceptors (Lipinski definition) is 3. The number of benzene rings is 2. The van der Waals surface area contributed by atoms with E-state index in [1.54, 1.807) is 18.3 Å². The third-order valence-corrected chi connectivity index (χ3v) is 3.55. The fraction of sp³-hybridized carbons (Fsp3) is 0.167. The maximum atomic E-state index is 12.4. The molecule has 0 spiro atoms. The summed E-state index contributed by atoms with van der Waals surface area (Å²) in [4.78, 5) is 4.36. The molecule has 1 N–H and O–H groups in total. The number of rotatable bonds is 5. The number of aromatic nitrogens is 1. The van der Waals surface area contributed by atoms with E-state index in [9.17, 15) is 13.2 Å². The van der Waals surface area contributed by atoms with Gasteiger partial charge >= 0.3 is 6.36 Å². The summed E-state index contributed by atoms with van der Waals surface area (Å²) in [6.07, 6.45) is -2.98. The number of para-hydroxylation sites is 2. The van der Waals surface area contributed by atoms with Crippen LogP contribution in [-0.4, -0.2) is 11.3 Å². The minimum atomic E-state index is -4.70. The lowest BCUT2D eigenvalue weighted by molar-refractivity contribution is -0.274. The first-order chi connectivity index (χ1) is 11.5. The molecule has 0 saturated heterocycles. The maximum absolute atomic E-state index is 12.4. The number of pyridine rings is 1. The van der Waals surface area contributed by atoms with Crippen LogP contribution in [0.4, 0.5) is 13.2 Å². The Morgan fingerprint density at radius 1 is 0.875 bits per heavy atom. The monoisotopic (exact) mass is 332 g/mol. The van der Waals surface area contributed by atoms with Crippen molar-refractivity contribution in [1.29, 1.82) is 0 Å². The highest BCUT2D eigenvalue weighted by Crippen LogP contribution is 2.26. The highest BCUT2D eigenvalue weighted by atomic mass is 19.4. The van der Waals surface area contributed by atoms with Crippen molar-refractivity contribution in [2.24, 2.45) is 0 Å². The Bertz CT molecular complexity index is 828. The molecule has 3 rings (SSSR count). The van der Waals surface area contributed by atoms with E-state index < -0.39 is 6.36 Å². The Hall–Kier alpha value is -2.60. The van der Waals surface area contributed by atoms with Gasteiger partial charge in [-0.05, 0) is 17.7 Å². The number of nitrogens with zero attached hydrogens (tertiary/aromatic N) is 1. The van der Waals surface area contributed by atoms with Crippen LogP contribution in [0.25, 0.3) is 10.9 Å². The minimum absolute atomic E-state index is 0.187. The van der Waals surface area contributed by atoms with E-state index in [1.807, 2.05) is 30.3 Å². The van der Waals surface area contributed by atoms with E-state index in [4.69, 9.17) is 0 Å². The molecular weight excluding hydrogens is 317 g/mol. The van der Waals surface area contributed by atoms with Crippen molar-refractivity contribution in [3.8, 4) is 5.75 Å². The van der Waals surface area contributed by atoms with Crippen LogP contribution in [0.2, 0.25) is 0 Å². The summed E-state index contributed by atoms with van der Waals surface area (Å²) in [5.74, 6) is -0.187. The summed E-state index contributed by atoms with van der Waals surface area (Å²) in [5.41, 5.74) is 2.32. The Morgan fingerprint density at radius 3 is 2.42 bits per heavy atom. The summed E-state index contributed by atoms with van der Waals surface area (Å²) in [7, 11) is 0. The number of alkyl halides is 3. The third kappa shape index (κ3) is 4.02. The Labute approximate surface area is 137 Å². The normalized spacial score (nSPS) is 11.6. The largest absolute Gasteiger partial charge is 0.573 e. The molecule has 1 aromatic heterocycles. The van der Waals surface area contributed by atoms with Crippen molar-refractivity contribution in [2.45, 2.75) is 19.5 Å². The summed E-state index contributed by atoms with van der Waals surface area (Å²) in [6.45, 7) is 0.754. The van der Waals surface area contributed by atoms with Crippen LogP contribution in [0, 0.1) is 0 Å². The lowest BCUT2D eigenvalue weighted by Gasteiger charge is -2.14. The fourth-order valence-corrected chi connectivity index (χ4v) is 2.52. The average Bonchev–Trinajstić information content (AvgIpc) is 2.55. The van der Waals surface area contributed by atoms with E-state index in [2.05, 4.69) is 15.0 Å². The molecule has 0 bridgehead atoms. The zero-order chi connectivity index (χ0) is 17.0. The van der Waals surface area contributed by atoms with Gasteiger partial charge in [-0.3, -0.25) is 4.98 Å². The molecule has 124 valence electrons. The zero-order valence-electron chi connectivity index (χ0n) is 12.7. The molecule has 0 atom stereocenters. The van der Waals surface area contributed by atoms with Crippen LogP contribution in [0.1, 0.15) is 11.1 Å². The molecule has 0 unspecified atom stereocenters. The van der Waals surface area contributed by atoms with E-state index in [-0.39, 0.29) is 12.3 Å². The maximum Gasteiger partial charge on any atom is 0.573 e. The molecule has 1 heterocycles. The fourth-order valence-electron chi connectivity index (χ4n) is 2.52. The molecule has 0 aliphatic carbocycles. The third-order valence-electron chi connectivity index (χ3n) is 3.55. The van der Waals surface area contributed by atoms with Gasteiger partial charge in [0.1, 0.15) is 5.75 Å². The van der Waals surface area contributed by atoms with Crippen LogP contribution >= 0.6 is 0 Å². The standard InChI is InChI=1S/C18H15F3N2O/c19-18(20,21)24-16-9-2-1-5-14(16)11-22-12-15-7-3-6-13-8-4-10-23-17(13)15/h1-10,22H,11-12H2. The highest BCUT2D eigenvalue weighted by molar-refractivity contribution is 5.81. The summed E-state index contributed by atoms with van der Waals surface area (Å²) >= 11 is 0. The molecule has 6 heteroatoms. The number of nitrogens with one attached hydrogen (secondary N) is 1. The molecular formula is C18H15F3N2O. The van der Waals surface area contributed by atoms with Crippen molar-refractivity contribution in [1.82, 2.24) is 10.3 Å². The lowest BCUT2D eigenvalue weighted by Crippen LogP contribution is -2.20. The van der Waals surface area contributed by atoms with E-state index in [1.165, 1.54) is 12.1 Å². The van der Waals surface area contributed by atoms with E-state index >= 15 is 0 Å². The summed E-state index contributed by atoms with van der Waals surface area (Å²) < 4.78 is 41.3. The van der Waals surface area contributed by atoms with Crippen LogP contribution in [0.15, 0.2) is 60.8 Å². The number of fused-ring (bicyclic) bond motifs is 1. The Balaban J connectivity index is 1.71. The second-order valence-electron chi connectivity index (χ2n) is 5.25. The smallest absolute Gasteiger partial charge is 0.405 e. The van der Waals surface area contributed by atoms with Gasteiger partial charge in [-0.2, -0.15) is 0 Å². The van der Waals surface area contributed by atoms with Crippen molar-refractivity contribution in [3.63, 3.8) is 0 Å². The average molecular weight is 332 g/mol. The first kappa shape index (κ1) is 16.3. The second kappa shape index (κ2) is 6.88. The molecule has 0 saturated carbocycles. The van der Waals surface area contributed by atoms with Crippen LogP contribution in [-0.2, 0) is 13.1 Å². The Morgan fingerprint density at radius 2 is 1.58 bits per heavy atom.